The SMILES string of the molecule is CC1CCCCC1(C#N)Nc1ccc(Br)cc1. The van der Waals surface area contributed by atoms with Gasteiger partial charge >= 0.3 is 0 Å². The molecule has 1 fully saturated rings. The van der Waals surface area contributed by atoms with E-state index in [9.17, 15) is 5.26 Å². The molecule has 0 bridgehead atoms. The molecule has 1 aliphatic carbocycles. The Labute approximate surface area is 111 Å². The third-order valence-electron chi connectivity index (χ3n) is 3.71. The molecule has 0 saturated heterocycles. The molecule has 1 saturated carbocycles. The number of anilines is 1. The summed E-state index contributed by atoms with van der Waals surface area (Å²) >= 11 is 3.42. The van der Waals surface area contributed by atoms with E-state index in [0.717, 1.165) is 29.4 Å². The van der Waals surface area contributed by atoms with E-state index in [0.29, 0.717) is 5.92 Å². The minimum absolute atomic E-state index is 0.383. The van der Waals surface area contributed by atoms with Gasteiger partial charge in [0.1, 0.15) is 5.54 Å². The first-order valence-corrected chi connectivity index (χ1v) is 6.90. The molecule has 0 heterocycles. The summed E-state index contributed by atoms with van der Waals surface area (Å²) in [6.45, 7) is 2.17. The number of hydrogen-bond donors (Lipinski definition) is 1. The van der Waals surface area contributed by atoms with Crippen molar-refractivity contribution in [1.82, 2.24) is 0 Å². The van der Waals surface area contributed by atoms with Crippen LogP contribution in [0.1, 0.15) is 32.6 Å². The fraction of sp³-hybridized carbons (Fsp3) is 0.500. The minimum Gasteiger partial charge on any atom is -0.367 e. The monoisotopic (exact) mass is 292 g/mol. The molecule has 3 heteroatoms. The van der Waals surface area contributed by atoms with E-state index in [1.54, 1.807) is 0 Å². The van der Waals surface area contributed by atoms with Crippen molar-refractivity contribution in [2.24, 2.45) is 5.92 Å². The lowest BCUT2D eigenvalue weighted by Crippen LogP contribution is -2.45. The number of halogens is 1. The molecule has 2 atom stereocenters. The van der Waals surface area contributed by atoms with Gasteiger partial charge in [-0.3, -0.25) is 0 Å². The molecule has 0 radical (unpaired) electrons. The Balaban J connectivity index is 2.19. The lowest BCUT2D eigenvalue weighted by atomic mass is 9.74. The van der Waals surface area contributed by atoms with Gasteiger partial charge in [0.05, 0.1) is 6.07 Å². The lowest BCUT2D eigenvalue weighted by molar-refractivity contribution is 0.286. The Bertz CT molecular complexity index is 421. The zero-order valence-electron chi connectivity index (χ0n) is 10.0. The molecule has 1 N–H and O–H groups in total. The van der Waals surface area contributed by atoms with Crippen molar-refractivity contribution in [3.05, 3.63) is 28.7 Å². The average Bonchev–Trinajstić information content (AvgIpc) is 2.35. The van der Waals surface area contributed by atoms with Gasteiger partial charge in [0.15, 0.2) is 0 Å². The molecule has 1 aromatic rings. The van der Waals surface area contributed by atoms with Gasteiger partial charge in [-0.2, -0.15) is 5.26 Å². The van der Waals surface area contributed by atoms with Crippen LogP contribution in [0, 0.1) is 17.2 Å². The summed E-state index contributed by atoms with van der Waals surface area (Å²) in [4.78, 5) is 0. The van der Waals surface area contributed by atoms with Crippen LogP contribution >= 0.6 is 15.9 Å². The molecule has 2 rings (SSSR count). The first-order valence-electron chi connectivity index (χ1n) is 6.11. The topological polar surface area (TPSA) is 35.8 Å². The summed E-state index contributed by atoms with van der Waals surface area (Å²) in [6.07, 6.45) is 4.46. The smallest absolute Gasteiger partial charge is 0.127 e. The second-order valence-corrected chi connectivity index (χ2v) is 5.78. The third-order valence-corrected chi connectivity index (χ3v) is 4.24. The lowest BCUT2D eigenvalue weighted by Gasteiger charge is -2.38. The van der Waals surface area contributed by atoms with Crippen molar-refractivity contribution in [3.8, 4) is 6.07 Å². The Morgan fingerprint density at radius 2 is 2.06 bits per heavy atom. The van der Waals surface area contributed by atoms with Crippen molar-refractivity contribution < 1.29 is 0 Å². The summed E-state index contributed by atoms with van der Waals surface area (Å²) in [7, 11) is 0. The van der Waals surface area contributed by atoms with Crippen LogP contribution in [0.5, 0.6) is 0 Å². The fourth-order valence-electron chi connectivity index (χ4n) is 2.52. The normalized spacial score (nSPS) is 28.4. The van der Waals surface area contributed by atoms with E-state index in [1.165, 1.54) is 6.42 Å². The molecule has 2 unspecified atom stereocenters. The molecule has 1 aromatic carbocycles. The van der Waals surface area contributed by atoms with E-state index in [2.05, 4.69) is 34.2 Å². The van der Waals surface area contributed by atoms with Crippen molar-refractivity contribution in [1.29, 1.82) is 5.26 Å². The zero-order chi connectivity index (χ0) is 12.3. The summed E-state index contributed by atoms with van der Waals surface area (Å²) in [5.41, 5.74) is 0.648. The van der Waals surface area contributed by atoms with E-state index < -0.39 is 0 Å². The quantitative estimate of drug-likeness (QED) is 0.880. The minimum atomic E-state index is -0.383. The number of nitrogens with one attached hydrogen (secondary N) is 1. The van der Waals surface area contributed by atoms with Crippen LogP contribution in [-0.4, -0.2) is 5.54 Å². The predicted octanol–water partition coefficient (Wildman–Crippen LogP) is 4.33. The highest BCUT2D eigenvalue weighted by Gasteiger charge is 2.38. The van der Waals surface area contributed by atoms with Crippen LogP contribution < -0.4 is 5.32 Å². The van der Waals surface area contributed by atoms with Crippen LogP contribution in [0.15, 0.2) is 28.7 Å². The second-order valence-electron chi connectivity index (χ2n) is 4.86. The summed E-state index contributed by atoms with van der Waals surface area (Å²) in [6, 6.07) is 10.5. The number of nitrogens with zero attached hydrogens (tertiary/aromatic N) is 1. The first kappa shape index (κ1) is 12.4. The molecular weight excluding hydrogens is 276 g/mol. The van der Waals surface area contributed by atoms with Crippen LogP contribution in [0.4, 0.5) is 5.69 Å². The van der Waals surface area contributed by atoms with E-state index in [1.807, 2.05) is 24.3 Å². The van der Waals surface area contributed by atoms with Gasteiger partial charge in [-0.15, -0.1) is 0 Å². The maximum Gasteiger partial charge on any atom is 0.127 e. The van der Waals surface area contributed by atoms with Crippen LogP contribution in [0.2, 0.25) is 0 Å². The second kappa shape index (κ2) is 5.10. The van der Waals surface area contributed by atoms with Crippen LogP contribution in [0.25, 0.3) is 0 Å². The van der Waals surface area contributed by atoms with E-state index in [4.69, 9.17) is 0 Å². The molecule has 90 valence electrons. The average molecular weight is 293 g/mol. The molecule has 0 spiro atoms. The Hall–Kier alpha value is -1.01. The maximum absolute atomic E-state index is 9.51. The van der Waals surface area contributed by atoms with E-state index in [-0.39, 0.29) is 5.54 Å². The number of hydrogen-bond acceptors (Lipinski definition) is 2. The largest absolute Gasteiger partial charge is 0.367 e. The molecule has 0 aromatic heterocycles. The molecular formula is C14H17BrN2. The maximum atomic E-state index is 9.51. The van der Waals surface area contributed by atoms with Crippen LogP contribution in [-0.2, 0) is 0 Å². The molecule has 2 nitrogen and oxygen atoms in total. The highest BCUT2D eigenvalue weighted by molar-refractivity contribution is 9.10. The standard InChI is InChI=1S/C14H17BrN2/c1-11-4-2-3-9-14(11,10-16)17-13-7-5-12(15)6-8-13/h5-8,11,17H,2-4,9H2,1H3. The van der Waals surface area contributed by atoms with Crippen molar-refractivity contribution in [2.75, 3.05) is 5.32 Å². The highest BCUT2D eigenvalue weighted by Crippen LogP contribution is 2.36. The van der Waals surface area contributed by atoms with Gasteiger partial charge < -0.3 is 5.32 Å². The summed E-state index contributed by atoms with van der Waals surface area (Å²) < 4.78 is 1.06. The van der Waals surface area contributed by atoms with E-state index >= 15 is 0 Å². The Morgan fingerprint density at radius 1 is 1.35 bits per heavy atom. The van der Waals surface area contributed by atoms with Crippen LogP contribution in [0.3, 0.4) is 0 Å². The van der Waals surface area contributed by atoms with Crippen molar-refractivity contribution >= 4 is 21.6 Å². The molecule has 0 aliphatic heterocycles. The van der Waals surface area contributed by atoms with Crippen molar-refractivity contribution in [2.45, 2.75) is 38.1 Å². The first-order chi connectivity index (χ1) is 8.16. The van der Waals surface area contributed by atoms with Gasteiger partial charge in [-0.25, -0.2) is 0 Å². The molecule has 0 amide bonds. The summed E-state index contributed by atoms with van der Waals surface area (Å²) in [5.74, 6) is 0.407. The highest BCUT2D eigenvalue weighted by atomic mass is 79.9. The number of rotatable bonds is 2. The van der Waals surface area contributed by atoms with Gasteiger partial charge in [0, 0.05) is 10.2 Å². The number of nitriles is 1. The predicted molar refractivity (Wildman–Crippen MR) is 73.7 cm³/mol. The fourth-order valence-corrected chi connectivity index (χ4v) is 2.78. The van der Waals surface area contributed by atoms with Crippen molar-refractivity contribution in [3.63, 3.8) is 0 Å². The number of benzene rings is 1. The summed E-state index contributed by atoms with van der Waals surface area (Å²) in [5, 5.41) is 12.9. The molecule has 1 aliphatic rings. The van der Waals surface area contributed by atoms with Gasteiger partial charge in [-0.1, -0.05) is 35.7 Å². The zero-order valence-corrected chi connectivity index (χ0v) is 11.6. The van der Waals surface area contributed by atoms with Gasteiger partial charge in [0.25, 0.3) is 0 Å². The Morgan fingerprint density at radius 3 is 2.65 bits per heavy atom. The third kappa shape index (κ3) is 2.63. The van der Waals surface area contributed by atoms with Gasteiger partial charge in [-0.05, 0) is 43.0 Å². The molecule has 17 heavy (non-hydrogen) atoms. The Kier molecular flexibility index (Phi) is 3.73. The van der Waals surface area contributed by atoms with Gasteiger partial charge in [0.2, 0.25) is 0 Å².